The standard InChI is InChI=1S/C21H26FN5O2/c1-15(28)25-12-10-19-23-24-21(27(19)14-13-25)18-3-2-11-26(18)20(29)9-6-16-4-7-17(22)8-5-16/h4-5,7-8,18H,2-3,6,9-14H2,1H3. The summed E-state index contributed by atoms with van der Waals surface area (Å²) in [5.41, 5.74) is 0.955. The van der Waals surface area contributed by atoms with Crippen LogP contribution in [0, 0.1) is 5.82 Å². The summed E-state index contributed by atoms with van der Waals surface area (Å²) in [6.45, 7) is 4.25. The Kier molecular flexibility index (Phi) is 5.60. The molecule has 29 heavy (non-hydrogen) atoms. The number of carbonyl (C=O) groups is 2. The highest BCUT2D eigenvalue weighted by atomic mass is 19.1. The fraction of sp³-hybridized carbons (Fsp3) is 0.524. The topological polar surface area (TPSA) is 71.3 Å². The number of nitrogens with zero attached hydrogens (tertiary/aromatic N) is 5. The molecule has 1 saturated heterocycles. The average molecular weight is 399 g/mol. The molecule has 0 bridgehead atoms. The van der Waals surface area contributed by atoms with Gasteiger partial charge in [0.1, 0.15) is 11.6 Å². The number of benzene rings is 1. The van der Waals surface area contributed by atoms with Crippen molar-refractivity contribution in [1.82, 2.24) is 24.6 Å². The van der Waals surface area contributed by atoms with Gasteiger partial charge in [-0.3, -0.25) is 9.59 Å². The molecule has 0 N–H and O–H groups in total. The van der Waals surface area contributed by atoms with Crippen molar-refractivity contribution in [2.75, 3.05) is 19.6 Å². The molecule has 0 spiro atoms. The quantitative estimate of drug-likeness (QED) is 0.790. The van der Waals surface area contributed by atoms with Gasteiger partial charge < -0.3 is 14.4 Å². The SMILES string of the molecule is CC(=O)N1CCc2nnc(C3CCCN3C(=O)CCc3ccc(F)cc3)n2CC1. The van der Waals surface area contributed by atoms with E-state index in [4.69, 9.17) is 0 Å². The maximum atomic E-state index is 13.1. The Morgan fingerprint density at radius 1 is 1.10 bits per heavy atom. The minimum absolute atomic E-state index is 0.0687. The predicted molar refractivity (Wildman–Crippen MR) is 104 cm³/mol. The maximum Gasteiger partial charge on any atom is 0.223 e. The lowest BCUT2D eigenvalue weighted by molar-refractivity contribution is -0.132. The van der Waals surface area contributed by atoms with E-state index in [1.807, 2.05) is 9.80 Å². The summed E-state index contributed by atoms with van der Waals surface area (Å²) in [7, 11) is 0. The van der Waals surface area contributed by atoms with Crippen molar-refractivity contribution in [3.63, 3.8) is 0 Å². The fourth-order valence-electron chi connectivity index (χ4n) is 4.29. The first-order valence-electron chi connectivity index (χ1n) is 10.2. The van der Waals surface area contributed by atoms with Crippen molar-refractivity contribution < 1.29 is 14.0 Å². The van der Waals surface area contributed by atoms with Gasteiger partial charge in [-0.05, 0) is 37.0 Å². The van der Waals surface area contributed by atoms with Crippen LogP contribution in [0.3, 0.4) is 0 Å². The first-order valence-corrected chi connectivity index (χ1v) is 10.2. The Balaban J connectivity index is 1.45. The zero-order valence-electron chi connectivity index (χ0n) is 16.7. The molecule has 7 nitrogen and oxygen atoms in total. The van der Waals surface area contributed by atoms with Gasteiger partial charge in [0.2, 0.25) is 11.8 Å². The molecule has 0 radical (unpaired) electrons. The van der Waals surface area contributed by atoms with E-state index in [9.17, 15) is 14.0 Å². The Labute approximate surface area is 169 Å². The van der Waals surface area contributed by atoms with E-state index in [1.54, 1.807) is 19.1 Å². The fourth-order valence-corrected chi connectivity index (χ4v) is 4.29. The van der Waals surface area contributed by atoms with Crippen molar-refractivity contribution in [2.45, 2.75) is 51.6 Å². The monoisotopic (exact) mass is 399 g/mol. The molecule has 4 rings (SSSR count). The lowest BCUT2D eigenvalue weighted by Crippen LogP contribution is -2.33. The van der Waals surface area contributed by atoms with Gasteiger partial charge in [0.05, 0.1) is 6.04 Å². The number of rotatable bonds is 4. The highest BCUT2D eigenvalue weighted by Crippen LogP contribution is 2.32. The van der Waals surface area contributed by atoms with E-state index >= 15 is 0 Å². The molecule has 154 valence electrons. The molecule has 0 saturated carbocycles. The summed E-state index contributed by atoms with van der Waals surface area (Å²) in [6.07, 6.45) is 3.47. The van der Waals surface area contributed by atoms with Crippen LogP contribution in [0.15, 0.2) is 24.3 Å². The van der Waals surface area contributed by atoms with Gasteiger partial charge in [-0.1, -0.05) is 12.1 Å². The molecule has 2 aliphatic heterocycles. The summed E-state index contributed by atoms with van der Waals surface area (Å²) in [5.74, 6) is 1.61. The van der Waals surface area contributed by atoms with Crippen molar-refractivity contribution in [2.24, 2.45) is 0 Å². The first kappa shape index (κ1) is 19.5. The van der Waals surface area contributed by atoms with Crippen LogP contribution in [0.2, 0.25) is 0 Å². The summed E-state index contributed by atoms with van der Waals surface area (Å²) < 4.78 is 15.2. The average Bonchev–Trinajstić information content (AvgIpc) is 3.28. The van der Waals surface area contributed by atoms with Crippen LogP contribution in [0.5, 0.6) is 0 Å². The van der Waals surface area contributed by atoms with Crippen LogP contribution < -0.4 is 0 Å². The van der Waals surface area contributed by atoms with Crippen LogP contribution in [0.4, 0.5) is 4.39 Å². The van der Waals surface area contributed by atoms with Gasteiger partial charge in [0.15, 0.2) is 5.82 Å². The van der Waals surface area contributed by atoms with E-state index in [2.05, 4.69) is 14.8 Å². The Bertz CT molecular complexity index is 895. The van der Waals surface area contributed by atoms with Crippen molar-refractivity contribution in [3.8, 4) is 0 Å². The van der Waals surface area contributed by atoms with E-state index in [0.717, 1.165) is 30.1 Å². The largest absolute Gasteiger partial charge is 0.341 e. The lowest BCUT2D eigenvalue weighted by atomic mass is 10.1. The smallest absolute Gasteiger partial charge is 0.223 e. The number of fused-ring (bicyclic) bond motifs is 1. The van der Waals surface area contributed by atoms with E-state index in [-0.39, 0.29) is 23.7 Å². The molecule has 2 aliphatic rings. The molecule has 3 heterocycles. The molecule has 2 amide bonds. The molecule has 8 heteroatoms. The normalized spacial score (nSPS) is 19.2. The number of amides is 2. The highest BCUT2D eigenvalue weighted by Gasteiger charge is 2.34. The number of hydrogen-bond acceptors (Lipinski definition) is 4. The van der Waals surface area contributed by atoms with Gasteiger partial charge in [-0.15, -0.1) is 10.2 Å². The predicted octanol–water partition coefficient (Wildman–Crippen LogP) is 2.12. The minimum Gasteiger partial charge on any atom is -0.341 e. The second-order valence-corrected chi connectivity index (χ2v) is 7.75. The number of carbonyl (C=O) groups excluding carboxylic acids is 2. The minimum atomic E-state index is -0.268. The number of aryl methyl sites for hydroxylation is 1. The summed E-state index contributed by atoms with van der Waals surface area (Å²) in [4.78, 5) is 28.4. The van der Waals surface area contributed by atoms with Crippen molar-refractivity contribution >= 4 is 11.8 Å². The van der Waals surface area contributed by atoms with Crippen LogP contribution >= 0.6 is 0 Å². The van der Waals surface area contributed by atoms with E-state index in [0.29, 0.717) is 45.4 Å². The third-order valence-corrected chi connectivity index (χ3v) is 5.91. The van der Waals surface area contributed by atoms with E-state index < -0.39 is 0 Å². The third-order valence-electron chi connectivity index (χ3n) is 5.91. The van der Waals surface area contributed by atoms with Gasteiger partial charge in [0.25, 0.3) is 0 Å². The number of halogens is 1. The first-order chi connectivity index (χ1) is 14.0. The molecular formula is C21H26FN5O2. The van der Waals surface area contributed by atoms with Gasteiger partial charge in [-0.25, -0.2) is 4.39 Å². The van der Waals surface area contributed by atoms with Crippen LogP contribution in [0.25, 0.3) is 0 Å². The van der Waals surface area contributed by atoms with Crippen molar-refractivity contribution in [3.05, 3.63) is 47.3 Å². The van der Waals surface area contributed by atoms with Crippen LogP contribution in [-0.2, 0) is 29.0 Å². The molecular weight excluding hydrogens is 373 g/mol. The highest BCUT2D eigenvalue weighted by molar-refractivity contribution is 5.77. The molecule has 1 fully saturated rings. The molecule has 1 aromatic carbocycles. The van der Waals surface area contributed by atoms with Crippen molar-refractivity contribution in [1.29, 1.82) is 0 Å². The zero-order chi connectivity index (χ0) is 20.4. The Morgan fingerprint density at radius 3 is 2.66 bits per heavy atom. The number of aromatic nitrogens is 3. The maximum absolute atomic E-state index is 13.1. The second-order valence-electron chi connectivity index (χ2n) is 7.75. The van der Waals surface area contributed by atoms with E-state index in [1.165, 1.54) is 12.1 Å². The lowest BCUT2D eigenvalue weighted by Gasteiger charge is -2.25. The Morgan fingerprint density at radius 2 is 1.90 bits per heavy atom. The molecule has 2 aromatic rings. The Hall–Kier alpha value is -2.77. The van der Waals surface area contributed by atoms with Crippen LogP contribution in [0.1, 0.15) is 49.4 Å². The molecule has 1 unspecified atom stereocenters. The summed E-state index contributed by atoms with van der Waals surface area (Å²) >= 11 is 0. The number of hydrogen-bond donors (Lipinski definition) is 0. The zero-order valence-corrected chi connectivity index (χ0v) is 16.7. The van der Waals surface area contributed by atoms with Gasteiger partial charge >= 0.3 is 0 Å². The van der Waals surface area contributed by atoms with Gasteiger partial charge in [0, 0.05) is 45.9 Å². The number of likely N-dealkylation sites (tertiary alicyclic amines) is 1. The summed E-state index contributed by atoms with van der Waals surface area (Å²) in [5, 5.41) is 8.78. The molecule has 1 aromatic heterocycles. The third kappa shape index (κ3) is 4.16. The van der Waals surface area contributed by atoms with Crippen LogP contribution in [-0.4, -0.2) is 56.0 Å². The van der Waals surface area contributed by atoms with Gasteiger partial charge in [-0.2, -0.15) is 0 Å². The second kappa shape index (κ2) is 8.31. The molecule has 0 aliphatic carbocycles. The molecule has 1 atom stereocenters. The summed E-state index contributed by atoms with van der Waals surface area (Å²) in [6, 6.07) is 6.23.